The molecule has 2 aromatic heterocycles. The van der Waals surface area contributed by atoms with Gasteiger partial charge >= 0.3 is 0 Å². The lowest BCUT2D eigenvalue weighted by atomic mass is 9.95. The van der Waals surface area contributed by atoms with Gasteiger partial charge < -0.3 is 4.57 Å². The van der Waals surface area contributed by atoms with Crippen molar-refractivity contribution in [2.24, 2.45) is 0 Å². The smallest absolute Gasteiger partial charge is 0.199 e. The molecular formula is C52H33N4OP. The van der Waals surface area contributed by atoms with Crippen molar-refractivity contribution < 1.29 is 4.57 Å². The number of nitrogens with zero attached hydrogens (tertiary/aromatic N) is 4. The van der Waals surface area contributed by atoms with Gasteiger partial charge in [-0.2, -0.15) is 0 Å². The highest BCUT2D eigenvalue weighted by Gasteiger charge is 2.29. The molecule has 10 aromatic rings. The summed E-state index contributed by atoms with van der Waals surface area (Å²) in [7, 11) is -3.09. The van der Waals surface area contributed by atoms with Gasteiger partial charge in [0.25, 0.3) is 0 Å². The Labute approximate surface area is 336 Å². The van der Waals surface area contributed by atoms with E-state index in [0.29, 0.717) is 16.9 Å². The number of hydrogen-bond acceptors (Lipinski definition) is 4. The highest BCUT2D eigenvalue weighted by atomic mass is 31.2. The van der Waals surface area contributed by atoms with Crippen LogP contribution in [0.4, 0.5) is 5.69 Å². The van der Waals surface area contributed by atoms with Crippen LogP contribution in [0.3, 0.4) is 0 Å². The summed E-state index contributed by atoms with van der Waals surface area (Å²) < 4.78 is 14.9. The molecule has 0 fully saturated rings. The average molecular weight is 761 g/mol. The standard InChI is InChI=1S/C52H33N4OP/c1-53-45-34-46-52(56-51(38-18-8-3-9-19-38)50(55-46)37-16-6-2-7-17-37)47-43-24-14-15-25-44(43)54-49(48(45)47)39-28-26-35(27-29-39)36-30-32-42(33-31-36)58(57,40-20-10-4-11-21-40)41-22-12-5-13-23-41/h2-34H. The summed E-state index contributed by atoms with van der Waals surface area (Å²) in [6.45, 7) is 8.41. The molecule has 0 unspecified atom stereocenters. The van der Waals surface area contributed by atoms with Gasteiger partial charge in [0, 0.05) is 43.2 Å². The van der Waals surface area contributed by atoms with Crippen molar-refractivity contribution in [3.8, 4) is 44.9 Å². The fourth-order valence-corrected chi connectivity index (χ4v) is 10.6. The van der Waals surface area contributed by atoms with E-state index < -0.39 is 7.14 Å². The molecule has 0 aliphatic heterocycles. The predicted molar refractivity (Wildman–Crippen MR) is 240 cm³/mol. The van der Waals surface area contributed by atoms with E-state index >= 15 is 0 Å². The van der Waals surface area contributed by atoms with Crippen molar-refractivity contribution in [3.05, 3.63) is 212 Å². The first kappa shape index (κ1) is 34.9. The van der Waals surface area contributed by atoms with Crippen molar-refractivity contribution in [3.63, 3.8) is 0 Å². The van der Waals surface area contributed by atoms with Crippen molar-refractivity contribution in [2.45, 2.75) is 0 Å². The van der Waals surface area contributed by atoms with E-state index in [2.05, 4.69) is 47.3 Å². The van der Waals surface area contributed by atoms with Gasteiger partial charge in [0.2, 0.25) is 0 Å². The molecule has 272 valence electrons. The van der Waals surface area contributed by atoms with Crippen LogP contribution in [0.15, 0.2) is 200 Å². The summed E-state index contributed by atoms with van der Waals surface area (Å²) in [6.07, 6.45) is 0. The quantitative estimate of drug-likeness (QED) is 0.0922. The van der Waals surface area contributed by atoms with Gasteiger partial charge in [-0.15, -0.1) is 0 Å². The number of hydrogen-bond donors (Lipinski definition) is 0. The van der Waals surface area contributed by atoms with Crippen LogP contribution in [0.5, 0.6) is 0 Å². The number of fused-ring (bicyclic) bond motifs is 5. The second-order valence-corrected chi connectivity index (χ2v) is 16.9. The highest BCUT2D eigenvalue weighted by molar-refractivity contribution is 7.85. The summed E-state index contributed by atoms with van der Waals surface area (Å²) in [6, 6.07) is 66.0. The van der Waals surface area contributed by atoms with Crippen LogP contribution in [0, 0.1) is 6.57 Å². The topological polar surface area (TPSA) is 60.1 Å². The molecule has 0 saturated carbocycles. The van der Waals surface area contributed by atoms with Gasteiger partial charge in [-0.1, -0.05) is 188 Å². The first-order chi connectivity index (χ1) is 28.6. The second kappa shape index (κ2) is 14.5. The molecule has 0 aliphatic carbocycles. The molecular weight excluding hydrogens is 728 g/mol. The van der Waals surface area contributed by atoms with Gasteiger partial charge in [-0.05, 0) is 28.8 Å². The Morgan fingerprint density at radius 2 is 0.828 bits per heavy atom. The minimum Gasteiger partial charge on any atom is -0.309 e. The summed E-state index contributed by atoms with van der Waals surface area (Å²) >= 11 is 0. The van der Waals surface area contributed by atoms with Crippen molar-refractivity contribution >= 4 is 61.5 Å². The molecule has 10 rings (SSSR count). The van der Waals surface area contributed by atoms with E-state index in [9.17, 15) is 4.57 Å². The summed E-state index contributed by atoms with van der Waals surface area (Å²) in [5.41, 5.74) is 9.73. The molecule has 0 N–H and O–H groups in total. The number of benzene rings is 8. The molecule has 0 atom stereocenters. The lowest BCUT2D eigenvalue weighted by Gasteiger charge is -2.20. The Hall–Kier alpha value is -7.51. The van der Waals surface area contributed by atoms with Crippen molar-refractivity contribution in [2.75, 3.05) is 0 Å². The van der Waals surface area contributed by atoms with Gasteiger partial charge in [-0.3, -0.25) is 0 Å². The fraction of sp³-hybridized carbons (Fsp3) is 0. The maximum Gasteiger partial charge on any atom is 0.199 e. The first-order valence-electron chi connectivity index (χ1n) is 19.1. The summed E-state index contributed by atoms with van der Waals surface area (Å²) in [4.78, 5) is 20.0. The molecule has 0 spiro atoms. The zero-order valence-corrected chi connectivity index (χ0v) is 32.1. The number of aromatic nitrogens is 3. The van der Waals surface area contributed by atoms with Crippen LogP contribution in [0.25, 0.3) is 82.5 Å². The zero-order valence-electron chi connectivity index (χ0n) is 31.2. The lowest BCUT2D eigenvalue weighted by Crippen LogP contribution is -2.24. The zero-order chi connectivity index (χ0) is 39.1. The third-order valence-electron chi connectivity index (χ3n) is 10.8. The third kappa shape index (κ3) is 5.96. The van der Waals surface area contributed by atoms with E-state index in [-0.39, 0.29) is 0 Å². The second-order valence-electron chi connectivity index (χ2n) is 14.2. The molecule has 2 heterocycles. The van der Waals surface area contributed by atoms with Crippen LogP contribution >= 0.6 is 7.14 Å². The summed E-state index contributed by atoms with van der Waals surface area (Å²) in [5, 5.41) is 4.91. The average Bonchev–Trinajstić information content (AvgIpc) is 3.31. The molecule has 5 nitrogen and oxygen atoms in total. The van der Waals surface area contributed by atoms with Gasteiger partial charge in [0.15, 0.2) is 12.8 Å². The fourth-order valence-electron chi connectivity index (χ4n) is 7.94. The number of rotatable bonds is 7. The molecule has 0 saturated heterocycles. The third-order valence-corrected chi connectivity index (χ3v) is 13.8. The molecule has 0 bridgehead atoms. The SMILES string of the molecule is [C-]#[N+]c1cc2nc(-c3ccccc3)c(-c3ccccc3)nc2c2c1c(-c1ccc(-c3ccc(P(=O)(c4ccccc4)c4ccccc4)cc3)cc1)nc1ccccc12. The molecule has 8 aromatic carbocycles. The normalized spacial score (nSPS) is 11.5. The predicted octanol–water partition coefficient (Wildman–Crippen LogP) is 12.2. The van der Waals surface area contributed by atoms with Crippen LogP contribution < -0.4 is 15.9 Å². The minimum absolute atomic E-state index is 0.470. The molecule has 6 heteroatoms. The van der Waals surface area contributed by atoms with Crippen molar-refractivity contribution in [1.29, 1.82) is 0 Å². The lowest BCUT2D eigenvalue weighted by molar-refractivity contribution is 0.592. The maximum absolute atomic E-state index is 14.9. The van der Waals surface area contributed by atoms with Gasteiger partial charge in [-0.25, -0.2) is 19.8 Å². The van der Waals surface area contributed by atoms with Crippen LogP contribution in [0.1, 0.15) is 0 Å². The van der Waals surface area contributed by atoms with Crippen LogP contribution in [-0.2, 0) is 4.57 Å². The first-order valence-corrected chi connectivity index (χ1v) is 20.8. The van der Waals surface area contributed by atoms with E-state index in [4.69, 9.17) is 21.5 Å². The van der Waals surface area contributed by atoms with Crippen LogP contribution in [-0.4, -0.2) is 15.0 Å². The Bertz CT molecular complexity index is 3180. The van der Waals surface area contributed by atoms with Gasteiger partial charge in [0.1, 0.15) is 0 Å². The maximum atomic E-state index is 14.9. The van der Waals surface area contributed by atoms with Gasteiger partial charge in [0.05, 0.1) is 40.2 Å². The monoisotopic (exact) mass is 760 g/mol. The minimum atomic E-state index is -3.09. The number of para-hydroxylation sites is 1. The molecule has 58 heavy (non-hydrogen) atoms. The van der Waals surface area contributed by atoms with E-state index in [0.717, 1.165) is 82.3 Å². The van der Waals surface area contributed by atoms with Crippen LogP contribution in [0.2, 0.25) is 0 Å². The van der Waals surface area contributed by atoms with E-state index in [1.54, 1.807) is 0 Å². The highest BCUT2D eigenvalue weighted by Crippen LogP contribution is 2.45. The summed E-state index contributed by atoms with van der Waals surface area (Å²) in [5.74, 6) is 0. The van der Waals surface area contributed by atoms with E-state index in [1.807, 2.05) is 158 Å². The Morgan fingerprint density at radius 3 is 1.40 bits per heavy atom. The van der Waals surface area contributed by atoms with E-state index in [1.165, 1.54) is 0 Å². The molecule has 0 radical (unpaired) electrons. The molecule has 0 aliphatic rings. The Morgan fingerprint density at radius 1 is 0.397 bits per heavy atom. The molecule has 0 amide bonds. The van der Waals surface area contributed by atoms with Crippen molar-refractivity contribution in [1.82, 2.24) is 15.0 Å². The number of pyridine rings is 1. The Balaban J connectivity index is 1.12. The largest absolute Gasteiger partial charge is 0.309 e. The Kier molecular flexibility index (Phi) is 8.75.